The van der Waals surface area contributed by atoms with Crippen LogP contribution in [-0.2, 0) is 19.6 Å². The first-order chi connectivity index (χ1) is 11.7. The summed E-state index contributed by atoms with van der Waals surface area (Å²) in [5.41, 5.74) is 0. The summed E-state index contributed by atoms with van der Waals surface area (Å²) in [6.45, 7) is 2.97. The van der Waals surface area contributed by atoms with Gasteiger partial charge in [0.25, 0.3) is 0 Å². The molecule has 0 aromatic heterocycles. The van der Waals surface area contributed by atoms with Gasteiger partial charge in [0.15, 0.2) is 0 Å². The molecule has 4 rings (SSSR count). The Hall–Kier alpha value is -0.890. The van der Waals surface area contributed by atoms with E-state index < -0.39 is 11.6 Å². The fourth-order valence-electron chi connectivity index (χ4n) is 4.08. The van der Waals surface area contributed by atoms with Gasteiger partial charge in [-0.15, -0.1) is 0 Å². The Bertz CT molecular complexity index is 440. The van der Waals surface area contributed by atoms with Crippen LogP contribution in [0.25, 0.3) is 0 Å². The number of rotatable bonds is 0. The maximum Gasteiger partial charge on any atom is 0.320 e. The van der Waals surface area contributed by atoms with Crippen molar-refractivity contribution in [2.45, 2.75) is 75.8 Å². The van der Waals surface area contributed by atoms with Crippen LogP contribution in [0.4, 0.5) is 4.79 Å². The highest BCUT2D eigenvalue weighted by atomic mass is 17.4. The van der Waals surface area contributed by atoms with Crippen molar-refractivity contribution >= 4 is 6.03 Å². The van der Waals surface area contributed by atoms with E-state index in [-0.39, 0.29) is 6.03 Å². The Kier molecular flexibility index (Phi) is 4.68. The van der Waals surface area contributed by atoms with E-state index in [0.717, 1.165) is 51.6 Å². The van der Waals surface area contributed by atoms with Crippen molar-refractivity contribution < 1.29 is 24.3 Å². The molecule has 1 aliphatic carbocycles. The maximum absolute atomic E-state index is 12.6. The molecule has 0 aromatic carbocycles. The number of amides is 2. The van der Waals surface area contributed by atoms with Gasteiger partial charge in [0, 0.05) is 51.9 Å². The minimum absolute atomic E-state index is 0.144. The summed E-state index contributed by atoms with van der Waals surface area (Å²) < 4.78 is 0. The van der Waals surface area contributed by atoms with Crippen LogP contribution in [0.1, 0.15) is 64.2 Å². The quantitative estimate of drug-likeness (QED) is 0.635. The molecular formula is C17H28N2O5. The molecule has 0 bridgehead atoms. The Morgan fingerprint density at radius 1 is 0.583 bits per heavy atom. The van der Waals surface area contributed by atoms with Gasteiger partial charge in [-0.1, -0.05) is 6.42 Å². The number of carbonyl (C=O) groups is 1. The molecule has 3 saturated heterocycles. The van der Waals surface area contributed by atoms with Gasteiger partial charge in [-0.3, -0.25) is 0 Å². The molecule has 0 aromatic rings. The van der Waals surface area contributed by atoms with Gasteiger partial charge in [-0.25, -0.2) is 4.79 Å². The van der Waals surface area contributed by atoms with Gasteiger partial charge in [-0.05, 0) is 32.1 Å². The van der Waals surface area contributed by atoms with E-state index in [9.17, 15) is 4.79 Å². The third-order valence-corrected chi connectivity index (χ3v) is 5.73. The number of hydrogen-bond acceptors (Lipinski definition) is 5. The van der Waals surface area contributed by atoms with Crippen molar-refractivity contribution in [3.8, 4) is 0 Å². The van der Waals surface area contributed by atoms with Crippen LogP contribution in [0.2, 0.25) is 0 Å². The first-order valence-electron chi connectivity index (χ1n) is 9.48. The van der Waals surface area contributed by atoms with E-state index in [1.54, 1.807) is 0 Å². The lowest BCUT2D eigenvalue weighted by atomic mass is 9.94. The number of urea groups is 1. The van der Waals surface area contributed by atoms with Crippen LogP contribution >= 0.6 is 0 Å². The van der Waals surface area contributed by atoms with E-state index in [2.05, 4.69) is 0 Å². The molecule has 0 N–H and O–H groups in total. The van der Waals surface area contributed by atoms with Gasteiger partial charge in [-0.2, -0.15) is 19.6 Å². The van der Waals surface area contributed by atoms with E-state index in [1.165, 1.54) is 12.8 Å². The lowest BCUT2D eigenvalue weighted by Crippen LogP contribution is -2.57. The van der Waals surface area contributed by atoms with Crippen molar-refractivity contribution in [2.24, 2.45) is 0 Å². The minimum atomic E-state index is -0.860. The standard InChI is InChI=1S/C17H28N2O5/c20-15(18-11-5-2-6-12-18)19-13-9-17(10-14-19)23-21-16(22-24-17)7-3-1-4-8-16/h1-14H2. The second kappa shape index (κ2) is 6.78. The Balaban J connectivity index is 1.29. The van der Waals surface area contributed by atoms with Crippen LogP contribution in [0.5, 0.6) is 0 Å². The predicted octanol–water partition coefficient (Wildman–Crippen LogP) is 2.95. The van der Waals surface area contributed by atoms with Gasteiger partial charge < -0.3 is 9.80 Å². The highest BCUT2D eigenvalue weighted by Crippen LogP contribution is 2.42. The smallest absolute Gasteiger partial charge is 0.320 e. The molecule has 4 aliphatic rings. The lowest BCUT2D eigenvalue weighted by Gasteiger charge is -2.47. The summed E-state index contributed by atoms with van der Waals surface area (Å²) >= 11 is 0. The maximum atomic E-state index is 12.6. The molecule has 2 spiro atoms. The number of carbonyl (C=O) groups excluding carboxylic acids is 1. The molecule has 0 radical (unpaired) electrons. The summed E-state index contributed by atoms with van der Waals surface area (Å²) in [6.07, 6.45) is 9.55. The molecule has 7 heteroatoms. The molecule has 0 atom stereocenters. The molecular weight excluding hydrogens is 312 g/mol. The second-order valence-electron chi connectivity index (χ2n) is 7.53. The minimum Gasteiger partial charge on any atom is -0.325 e. The Labute approximate surface area is 143 Å². The summed E-state index contributed by atoms with van der Waals surface area (Å²) in [4.78, 5) is 39.1. The zero-order valence-electron chi connectivity index (χ0n) is 14.3. The SMILES string of the molecule is O=C(N1CCCCC1)N1CCC2(CC1)OOC1(CCCCC1)OO2. The molecule has 3 aliphatic heterocycles. The first kappa shape index (κ1) is 16.6. The van der Waals surface area contributed by atoms with Crippen LogP contribution in [0, 0.1) is 0 Å². The molecule has 7 nitrogen and oxygen atoms in total. The average Bonchev–Trinajstić information content (AvgIpc) is 2.66. The summed E-state index contributed by atoms with van der Waals surface area (Å²) in [5.74, 6) is -1.58. The second-order valence-corrected chi connectivity index (χ2v) is 7.53. The highest BCUT2D eigenvalue weighted by molar-refractivity contribution is 5.74. The molecule has 2 amide bonds. The first-order valence-corrected chi connectivity index (χ1v) is 9.48. The van der Waals surface area contributed by atoms with E-state index in [1.807, 2.05) is 9.80 Å². The molecule has 136 valence electrons. The van der Waals surface area contributed by atoms with Crippen molar-refractivity contribution in [1.82, 2.24) is 9.80 Å². The molecule has 1 saturated carbocycles. The zero-order chi connectivity index (χ0) is 16.5. The van der Waals surface area contributed by atoms with Crippen LogP contribution in [0.15, 0.2) is 0 Å². The van der Waals surface area contributed by atoms with Crippen molar-refractivity contribution in [1.29, 1.82) is 0 Å². The number of likely N-dealkylation sites (tertiary alicyclic amines) is 2. The molecule has 0 unspecified atom stereocenters. The molecule has 3 heterocycles. The summed E-state index contributed by atoms with van der Waals surface area (Å²) in [7, 11) is 0. The topological polar surface area (TPSA) is 60.5 Å². The van der Waals surface area contributed by atoms with Crippen LogP contribution in [-0.4, -0.2) is 53.6 Å². The van der Waals surface area contributed by atoms with E-state index in [4.69, 9.17) is 19.6 Å². The Morgan fingerprint density at radius 3 is 1.62 bits per heavy atom. The average molecular weight is 340 g/mol. The summed E-state index contributed by atoms with van der Waals surface area (Å²) in [5, 5.41) is 0. The fourth-order valence-corrected chi connectivity index (χ4v) is 4.08. The largest absolute Gasteiger partial charge is 0.325 e. The third kappa shape index (κ3) is 3.27. The predicted molar refractivity (Wildman–Crippen MR) is 84.5 cm³/mol. The van der Waals surface area contributed by atoms with Gasteiger partial charge in [0.2, 0.25) is 11.6 Å². The number of piperidine rings is 2. The number of hydrogen-bond donors (Lipinski definition) is 0. The van der Waals surface area contributed by atoms with E-state index >= 15 is 0 Å². The van der Waals surface area contributed by atoms with Crippen molar-refractivity contribution in [3.63, 3.8) is 0 Å². The molecule has 4 fully saturated rings. The lowest BCUT2D eigenvalue weighted by molar-refractivity contribution is -0.662. The van der Waals surface area contributed by atoms with Gasteiger partial charge in [0.1, 0.15) is 0 Å². The highest BCUT2D eigenvalue weighted by Gasteiger charge is 2.51. The Morgan fingerprint density at radius 2 is 1.04 bits per heavy atom. The summed E-state index contributed by atoms with van der Waals surface area (Å²) in [6, 6.07) is 0.144. The van der Waals surface area contributed by atoms with Crippen molar-refractivity contribution in [3.05, 3.63) is 0 Å². The van der Waals surface area contributed by atoms with Crippen LogP contribution < -0.4 is 0 Å². The molecule has 24 heavy (non-hydrogen) atoms. The third-order valence-electron chi connectivity index (χ3n) is 5.73. The van der Waals surface area contributed by atoms with Crippen LogP contribution in [0.3, 0.4) is 0 Å². The fraction of sp³-hybridized carbons (Fsp3) is 0.941. The zero-order valence-corrected chi connectivity index (χ0v) is 14.3. The normalized spacial score (nSPS) is 29.8. The van der Waals surface area contributed by atoms with E-state index in [0.29, 0.717) is 25.9 Å². The number of nitrogens with zero attached hydrogens (tertiary/aromatic N) is 2. The van der Waals surface area contributed by atoms with Gasteiger partial charge >= 0.3 is 6.03 Å². The monoisotopic (exact) mass is 340 g/mol. The van der Waals surface area contributed by atoms with Gasteiger partial charge in [0.05, 0.1) is 0 Å². The van der Waals surface area contributed by atoms with Crippen molar-refractivity contribution in [2.75, 3.05) is 26.2 Å².